The van der Waals surface area contributed by atoms with E-state index in [1.165, 1.54) is 7.11 Å². The lowest BCUT2D eigenvalue weighted by Crippen LogP contribution is -2.44. The van der Waals surface area contributed by atoms with Gasteiger partial charge in [0.2, 0.25) is 0 Å². The standard InChI is InChI=1S/C13H20N2O3/c1-13(2,8-16)15(3)10-7-5-6-9(11(10)14)12(17)18-4/h5-7,16H,8,14H2,1-4H3. The number of nitrogen functional groups attached to an aromatic ring is 1. The zero-order valence-electron chi connectivity index (χ0n) is 11.2. The summed E-state index contributed by atoms with van der Waals surface area (Å²) < 4.78 is 4.68. The Labute approximate surface area is 107 Å². The van der Waals surface area contributed by atoms with Gasteiger partial charge in [0.05, 0.1) is 36.2 Å². The number of esters is 1. The topological polar surface area (TPSA) is 75.8 Å². The molecule has 1 aromatic rings. The highest BCUT2D eigenvalue weighted by molar-refractivity contribution is 5.98. The minimum absolute atomic E-state index is 0.0224. The molecule has 0 unspecified atom stereocenters. The first kappa shape index (κ1) is 14.3. The van der Waals surface area contributed by atoms with Crippen LogP contribution in [0.1, 0.15) is 24.2 Å². The zero-order chi connectivity index (χ0) is 13.9. The highest BCUT2D eigenvalue weighted by Gasteiger charge is 2.25. The molecule has 0 heterocycles. The van der Waals surface area contributed by atoms with Crippen molar-refractivity contribution < 1.29 is 14.6 Å². The Morgan fingerprint density at radius 3 is 2.61 bits per heavy atom. The number of methoxy groups -OCH3 is 1. The second-order valence-corrected chi connectivity index (χ2v) is 4.76. The van der Waals surface area contributed by atoms with Gasteiger partial charge in [0.1, 0.15) is 0 Å². The van der Waals surface area contributed by atoms with Crippen LogP contribution < -0.4 is 10.6 Å². The van der Waals surface area contributed by atoms with Crippen LogP contribution in [0.4, 0.5) is 11.4 Å². The fourth-order valence-electron chi connectivity index (χ4n) is 1.57. The van der Waals surface area contributed by atoms with E-state index in [0.717, 1.165) is 0 Å². The van der Waals surface area contributed by atoms with Gasteiger partial charge in [0, 0.05) is 7.05 Å². The predicted molar refractivity (Wildman–Crippen MR) is 71.8 cm³/mol. The third kappa shape index (κ3) is 2.56. The fraction of sp³-hybridized carbons (Fsp3) is 0.462. The Hall–Kier alpha value is -1.75. The Morgan fingerprint density at radius 1 is 1.50 bits per heavy atom. The van der Waals surface area contributed by atoms with E-state index < -0.39 is 11.5 Å². The summed E-state index contributed by atoms with van der Waals surface area (Å²) in [6, 6.07) is 5.16. The molecule has 0 amide bonds. The maximum absolute atomic E-state index is 11.6. The summed E-state index contributed by atoms with van der Waals surface area (Å²) in [4.78, 5) is 13.4. The smallest absolute Gasteiger partial charge is 0.340 e. The number of anilines is 2. The largest absolute Gasteiger partial charge is 0.465 e. The van der Waals surface area contributed by atoms with Crippen LogP contribution in [0, 0.1) is 0 Å². The second-order valence-electron chi connectivity index (χ2n) is 4.76. The Bertz CT molecular complexity index is 444. The predicted octanol–water partition coefficient (Wildman–Crippen LogP) is 1.26. The van der Waals surface area contributed by atoms with Gasteiger partial charge in [0.15, 0.2) is 0 Å². The molecule has 0 spiro atoms. The summed E-state index contributed by atoms with van der Waals surface area (Å²) in [5, 5.41) is 9.37. The van der Waals surface area contributed by atoms with Crippen molar-refractivity contribution >= 4 is 17.3 Å². The molecular formula is C13H20N2O3. The molecule has 0 saturated carbocycles. The van der Waals surface area contributed by atoms with Crippen molar-refractivity contribution in [3.63, 3.8) is 0 Å². The van der Waals surface area contributed by atoms with Gasteiger partial charge in [-0.05, 0) is 26.0 Å². The average molecular weight is 252 g/mol. The number of carbonyl (C=O) groups excluding carboxylic acids is 1. The normalized spacial score (nSPS) is 11.2. The number of likely N-dealkylation sites (N-methyl/N-ethyl adjacent to an activating group) is 1. The Kier molecular flexibility index (Phi) is 4.19. The minimum atomic E-state index is -0.469. The summed E-state index contributed by atoms with van der Waals surface area (Å²) in [7, 11) is 3.14. The van der Waals surface area contributed by atoms with E-state index in [1.54, 1.807) is 18.2 Å². The first-order chi connectivity index (χ1) is 8.35. The molecule has 0 aliphatic carbocycles. The lowest BCUT2D eigenvalue weighted by molar-refractivity contribution is 0.0602. The summed E-state index contributed by atoms with van der Waals surface area (Å²) in [6.45, 7) is 3.75. The first-order valence-electron chi connectivity index (χ1n) is 5.66. The molecule has 0 aliphatic heterocycles. The third-order valence-corrected chi connectivity index (χ3v) is 3.14. The van der Waals surface area contributed by atoms with Crippen LogP contribution in [0.3, 0.4) is 0 Å². The molecule has 0 aromatic heterocycles. The number of hydrogen-bond acceptors (Lipinski definition) is 5. The maximum atomic E-state index is 11.6. The first-order valence-corrected chi connectivity index (χ1v) is 5.66. The zero-order valence-corrected chi connectivity index (χ0v) is 11.2. The quantitative estimate of drug-likeness (QED) is 0.623. The number of aliphatic hydroxyl groups is 1. The molecule has 0 fully saturated rings. The lowest BCUT2D eigenvalue weighted by Gasteiger charge is -2.36. The number of ether oxygens (including phenoxy) is 1. The van der Waals surface area contributed by atoms with Gasteiger partial charge < -0.3 is 20.5 Å². The van der Waals surface area contributed by atoms with Crippen molar-refractivity contribution in [3.05, 3.63) is 23.8 Å². The van der Waals surface area contributed by atoms with Crippen molar-refractivity contribution in [3.8, 4) is 0 Å². The van der Waals surface area contributed by atoms with Crippen LogP contribution in [0.2, 0.25) is 0 Å². The average Bonchev–Trinajstić information content (AvgIpc) is 2.37. The van der Waals surface area contributed by atoms with Crippen molar-refractivity contribution in [2.45, 2.75) is 19.4 Å². The van der Waals surface area contributed by atoms with E-state index in [4.69, 9.17) is 5.73 Å². The highest BCUT2D eigenvalue weighted by atomic mass is 16.5. The summed E-state index contributed by atoms with van der Waals surface area (Å²) in [5.74, 6) is -0.468. The molecule has 1 aromatic carbocycles. The SMILES string of the molecule is COC(=O)c1cccc(N(C)C(C)(C)CO)c1N. The fourth-order valence-corrected chi connectivity index (χ4v) is 1.57. The van der Waals surface area contributed by atoms with Crippen molar-refractivity contribution in [2.75, 3.05) is 31.4 Å². The van der Waals surface area contributed by atoms with E-state index in [2.05, 4.69) is 4.74 Å². The van der Waals surface area contributed by atoms with Crippen LogP contribution in [0.5, 0.6) is 0 Å². The minimum Gasteiger partial charge on any atom is -0.465 e. The van der Waals surface area contributed by atoms with Gasteiger partial charge in [-0.1, -0.05) is 6.07 Å². The molecule has 0 bridgehead atoms. The summed E-state index contributed by atoms with van der Waals surface area (Å²) in [5.41, 5.74) is 6.89. The van der Waals surface area contributed by atoms with Crippen molar-refractivity contribution in [2.24, 2.45) is 0 Å². The lowest BCUT2D eigenvalue weighted by atomic mass is 10.0. The van der Waals surface area contributed by atoms with Gasteiger partial charge in [-0.25, -0.2) is 4.79 Å². The summed E-state index contributed by atoms with van der Waals surface area (Å²) >= 11 is 0. The van der Waals surface area contributed by atoms with Crippen LogP contribution in [0.15, 0.2) is 18.2 Å². The molecule has 5 nitrogen and oxygen atoms in total. The molecule has 5 heteroatoms. The molecular weight excluding hydrogens is 232 g/mol. The number of carbonyl (C=O) groups is 1. The van der Waals surface area contributed by atoms with Gasteiger partial charge in [0.25, 0.3) is 0 Å². The monoisotopic (exact) mass is 252 g/mol. The van der Waals surface area contributed by atoms with E-state index >= 15 is 0 Å². The molecule has 0 aliphatic rings. The molecule has 0 radical (unpaired) electrons. The van der Waals surface area contributed by atoms with Gasteiger partial charge in [-0.3, -0.25) is 0 Å². The summed E-state index contributed by atoms with van der Waals surface area (Å²) in [6.07, 6.45) is 0. The van der Waals surface area contributed by atoms with Crippen LogP contribution in [-0.4, -0.2) is 37.4 Å². The van der Waals surface area contributed by atoms with Crippen molar-refractivity contribution in [1.29, 1.82) is 0 Å². The molecule has 0 atom stereocenters. The van der Waals surface area contributed by atoms with E-state index in [9.17, 15) is 9.90 Å². The van der Waals surface area contributed by atoms with Crippen molar-refractivity contribution in [1.82, 2.24) is 0 Å². The van der Waals surface area contributed by atoms with Crippen LogP contribution >= 0.6 is 0 Å². The van der Waals surface area contributed by atoms with E-state index in [1.807, 2.05) is 25.8 Å². The van der Waals surface area contributed by atoms with E-state index in [0.29, 0.717) is 16.9 Å². The van der Waals surface area contributed by atoms with Crippen LogP contribution in [0.25, 0.3) is 0 Å². The number of nitrogens with zero attached hydrogens (tertiary/aromatic N) is 1. The van der Waals surface area contributed by atoms with E-state index in [-0.39, 0.29) is 6.61 Å². The van der Waals surface area contributed by atoms with Gasteiger partial charge >= 0.3 is 5.97 Å². The molecule has 18 heavy (non-hydrogen) atoms. The number of aliphatic hydroxyl groups excluding tert-OH is 1. The molecule has 1 rings (SSSR count). The molecule has 3 N–H and O–H groups in total. The molecule has 0 saturated heterocycles. The van der Waals surface area contributed by atoms with Gasteiger partial charge in [-0.2, -0.15) is 0 Å². The van der Waals surface area contributed by atoms with Crippen LogP contribution in [-0.2, 0) is 4.74 Å². The highest BCUT2D eigenvalue weighted by Crippen LogP contribution is 2.30. The maximum Gasteiger partial charge on any atom is 0.340 e. The van der Waals surface area contributed by atoms with Gasteiger partial charge in [-0.15, -0.1) is 0 Å². The number of para-hydroxylation sites is 1. The number of nitrogens with two attached hydrogens (primary N) is 1. The Balaban J connectivity index is 3.23. The Morgan fingerprint density at radius 2 is 2.11 bits per heavy atom. The number of benzene rings is 1. The number of hydrogen-bond donors (Lipinski definition) is 2. The molecule has 100 valence electrons. The number of rotatable bonds is 4. The third-order valence-electron chi connectivity index (χ3n) is 3.14. The second kappa shape index (κ2) is 5.27.